The summed E-state index contributed by atoms with van der Waals surface area (Å²) in [7, 11) is 0. The van der Waals surface area contributed by atoms with Crippen LogP contribution in [0, 0.1) is 0 Å². The van der Waals surface area contributed by atoms with Crippen molar-refractivity contribution in [3.05, 3.63) is 182 Å². The third kappa shape index (κ3) is 4.22. The average Bonchev–Trinajstić information content (AvgIpc) is 3.80. The van der Waals surface area contributed by atoms with E-state index in [1.807, 2.05) is 12.1 Å². The van der Waals surface area contributed by atoms with Crippen LogP contribution in [0.15, 0.2) is 191 Å². The molecule has 2 heteroatoms. The van der Waals surface area contributed by atoms with Gasteiger partial charge in [-0.05, 0) is 125 Å². The van der Waals surface area contributed by atoms with E-state index < -0.39 is 0 Å². The topological polar surface area (TPSA) is 26.3 Å². The van der Waals surface area contributed by atoms with Crippen molar-refractivity contribution in [1.29, 1.82) is 0 Å². The molecule has 0 aliphatic carbocycles. The van der Waals surface area contributed by atoms with Gasteiger partial charge in [0.1, 0.15) is 22.3 Å². The SMILES string of the molecule is c1ccc2cc3cc(-c4c5cccc(-c6cccc7oc8ccccc8c67)c5cc5c(-c6cccc7oc8ccccc8c67)cccc45)ccc3cc2c1. The second kappa shape index (κ2) is 11.2. The van der Waals surface area contributed by atoms with E-state index in [9.17, 15) is 0 Å². The van der Waals surface area contributed by atoms with Gasteiger partial charge in [-0.25, -0.2) is 0 Å². The first-order chi connectivity index (χ1) is 26.8. The molecule has 2 aromatic heterocycles. The summed E-state index contributed by atoms with van der Waals surface area (Å²) in [5.74, 6) is 0. The van der Waals surface area contributed by atoms with Crippen LogP contribution in [0.3, 0.4) is 0 Å². The van der Waals surface area contributed by atoms with Gasteiger partial charge in [-0.2, -0.15) is 0 Å². The highest BCUT2D eigenvalue weighted by Crippen LogP contribution is 2.47. The van der Waals surface area contributed by atoms with Crippen molar-refractivity contribution in [2.75, 3.05) is 0 Å². The first-order valence-corrected chi connectivity index (χ1v) is 18.5. The number of hydrogen-bond donors (Lipinski definition) is 0. The molecule has 2 nitrogen and oxygen atoms in total. The van der Waals surface area contributed by atoms with Gasteiger partial charge in [-0.15, -0.1) is 0 Å². The van der Waals surface area contributed by atoms with Gasteiger partial charge in [0.05, 0.1) is 0 Å². The lowest BCUT2D eigenvalue weighted by Gasteiger charge is -2.18. The molecule has 0 aliphatic heterocycles. The molecule has 0 radical (unpaired) electrons. The molecule has 0 aliphatic rings. The molecule has 0 saturated heterocycles. The first-order valence-electron chi connectivity index (χ1n) is 18.5. The summed E-state index contributed by atoms with van der Waals surface area (Å²) in [5, 5.41) is 14.3. The van der Waals surface area contributed by atoms with Gasteiger partial charge in [0.25, 0.3) is 0 Å². The molecule has 2 heterocycles. The van der Waals surface area contributed by atoms with Crippen molar-refractivity contribution in [3.8, 4) is 33.4 Å². The fraction of sp³-hybridized carbons (Fsp3) is 0. The van der Waals surface area contributed by atoms with Crippen molar-refractivity contribution >= 4 is 87.0 Å². The van der Waals surface area contributed by atoms with E-state index in [1.165, 1.54) is 76.5 Å². The Hall–Kier alpha value is -7.16. The summed E-state index contributed by atoms with van der Waals surface area (Å²) in [6.45, 7) is 0. The molecule has 0 fully saturated rings. The van der Waals surface area contributed by atoms with Gasteiger partial charge in [-0.3, -0.25) is 0 Å². The highest BCUT2D eigenvalue weighted by molar-refractivity contribution is 6.24. The van der Waals surface area contributed by atoms with Gasteiger partial charge in [0.15, 0.2) is 0 Å². The smallest absolute Gasteiger partial charge is 0.136 e. The minimum absolute atomic E-state index is 0.896. The van der Waals surface area contributed by atoms with Gasteiger partial charge in [-0.1, -0.05) is 133 Å². The predicted octanol–water partition coefficient (Wildman–Crippen LogP) is 15.1. The van der Waals surface area contributed by atoms with Gasteiger partial charge in [0.2, 0.25) is 0 Å². The number of hydrogen-bond acceptors (Lipinski definition) is 2. The number of rotatable bonds is 3. The fourth-order valence-corrected chi connectivity index (χ4v) is 9.04. The lowest BCUT2D eigenvalue weighted by molar-refractivity contribution is 0.668. The minimum atomic E-state index is 0.896. The maximum absolute atomic E-state index is 6.40. The molecule has 10 aromatic carbocycles. The Balaban J connectivity index is 1.22. The molecule has 0 amide bonds. The molecule has 0 unspecified atom stereocenters. The molecular formula is C52H30O2. The lowest BCUT2D eigenvalue weighted by atomic mass is 9.85. The quantitative estimate of drug-likeness (QED) is 0.173. The van der Waals surface area contributed by atoms with E-state index in [-0.39, 0.29) is 0 Å². The van der Waals surface area contributed by atoms with Crippen LogP contribution in [0.4, 0.5) is 0 Å². The third-order valence-electron chi connectivity index (χ3n) is 11.4. The maximum atomic E-state index is 6.40. The Morgan fingerprint density at radius 2 is 0.704 bits per heavy atom. The molecule has 0 atom stereocenters. The Bertz CT molecular complexity index is 3330. The zero-order valence-electron chi connectivity index (χ0n) is 29.1. The van der Waals surface area contributed by atoms with E-state index in [0.29, 0.717) is 0 Å². The van der Waals surface area contributed by atoms with Gasteiger partial charge >= 0.3 is 0 Å². The number of benzene rings is 10. The maximum Gasteiger partial charge on any atom is 0.136 e. The molecule has 0 N–H and O–H groups in total. The summed E-state index contributed by atoms with van der Waals surface area (Å²) < 4.78 is 12.8. The Labute approximate surface area is 310 Å². The van der Waals surface area contributed by atoms with Crippen molar-refractivity contribution < 1.29 is 8.83 Å². The van der Waals surface area contributed by atoms with E-state index >= 15 is 0 Å². The van der Waals surface area contributed by atoms with E-state index in [4.69, 9.17) is 8.83 Å². The normalized spacial score (nSPS) is 12.1. The monoisotopic (exact) mass is 686 g/mol. The van der Waals surface area contributed by atoms with E-state index in [2.05, 4.69) is 170 Å². The Morgan fingerprint density at radius 3 is 1.30 bits per heavy atom. The highest BCUT2D eigenvalue weighted by Gasteiger charge is 2.20. The van der Waals surface area contributed by atoms with Crippen LogP contribution in [0.1, 0.15) is 0 Å². The zero-order valence-corrected chi connectivity index (χ0v) is 29.1. The van der Waals surface area contributed by atoms with Crippen LogP contribution >= 0.6 is 0 Å². The number of furan rings is 2. The van der Waals surface area contributed by atoms with Crippen LogP contribution in [0.2, 0.25) is 0 Å². The predicted molar refractivity (Wildman–Crippen MR) is 227 cm³/mol. The zero-order chi connectivity index (χ0) is 35.3. The average molecular weight is 687 g/mol. The Kier molecular flexibility index (Phi) is 6.09. The highest BCUT2D eigenvalue weighted by atomic mass is 16.3. The summed E-state index contributed by atoms with van der Waals surface area (Å²) in [6.07, 6.45) is 0. The molecular weight excluding hydrogens is 657 g/mol. The van der Waals surface area contributed by atoms with Crippen LogP contribution in [-0.2, 0) is 0 Å². The van der Waals surface area contributed by atoms with Crippen LogP contribution in [0.5, 0.6) is 0 Å². The number of para-hydroxylation sites is 2. The van der Waals surface area contributed by atoms with Gasteiger partial charge < -0.3 is 8.83 Å². The summed E-state index contributed by atoms with van der Waals surface area (Å²) >= 11 is 0. The third-order valence-corrected chi connectivity index (χ3v) is 11.4. The molecule has 12 aromatic rings. The molecule has 0 spiro atoms. The largest absolute Gasteiger partial charge is 0.456 e. The first kappa shape index (κ1) is 29.4. The molecule has 0 bridgehead atoms. The fourth-order valence-electron chi connectivity index (χ4n) is 9.04. The van der Waals surface area contributed by atoms with Gasteiger partial charge in [0, 0.05) is 21.5 Å². The Morgan fingerprint density at radius 1 is 0.259 bits per heavy atom. The summed E-state index contributed by atoms with van der Waals surface area (Å²) in [5.41, 5.74) is 10.7. The van der Waals surface area contributed by atoms with E-state index in [0.717, 1.165) is 43.9 Å². The van der Waals surface area contributed by atoms with Crippen LogP contribution in [0.25, 0.3) is 120 Å². The van der Waals surface area contributed by atoms with Crippen molar-refractivity contribution in [2.24, 2.45) is 0 Å². The van der Waals surface area contributed by atoms with Crippen molar-refractivity contribution in [3.63, 3.8) is 0 Å². The van der Waals surface area contributed by atoms with Crippen LogP contribution in [-0.4, -0.2) is 0 Å². The van der Waals surface area contributed by atoms with Crippen molar-refractivity contribution in [2.45, 2.75) is 0 Å². The lowest BCUT2D eigenvalue weighted by Crippen LogP contribution is -1.91. The molecule has 54 heavy (non-hydrogen) atoms. The standard InChI is InChI=1S/C52H30O2/c1-2-12-32-28-35-29-34(26-25-33(35)27-31(32)11-1)50-40-17-7-15-36(38-19-9-23-48-51(38)42-13-3-5-21-46(42)53-48)44(40)30-45-37(16-8-18-41(45)50)39-20-10-24-49-52(39)43-14-4-6-22-47(43)54-49/h1-30H. The van der Waals surface area contributed by atoms with E-state index in [1.54, 1.807) is 0 Å². The minimum Gasteiger partial charge on any atom is -0.456 e. The molecule has 0 saturated carbocycles. The van der Waals surface area contributed by atoms with Crippen LogP contribution < -0.4 is 0 Å². The molecule has 12 rings (SSSR count). The second-order valence-electron chi connectivity index (χ2n) is 14.4. The second-order valence-corrected chi connectivity index (χ2v) is 14.4. The number of fused-ring (bicyclic) bond motifs is 10. The summed E-state index contributed by atoms with van der Waals surface area (Å²) in [4.78, 5) is 0. The molecule has 250 valence electrons. The summed E-state index contributed by atoms with van der Waals surface area (Å²) in [6, 6.07) is 65.8. The van der Waals surface area contributed by atoms with Crippen molar-refractivity contribution in [1.82, 2.24) is 0 Å².